The van der Waals surface area contributed by atoms with Gasteiger partial charge in [0.15, 0.2) is 0 Å². The van der Waals surface area contributed by atoms with Gasteiger partial charge >= 0.3 is 22.4 Å². The molecule has 0 bridgehead atoms. The fourth-order valence-corrected chi connectivity index (χ4v) is 1.33. The van der Waals surface area contributed by atoms with Gasteiger partial charge in [-0.2, -0.15) is 0 Å². The zero-order valence-corrected chi connectivity index (χ0v) is 9.92. The molecule has 1 rings (SSSR count). The third-order valence-corrected chi connectivity index (χ3v) is 2.17. The number of rotatable bonds is 4. The first kappa shape index (κ1) is 13.5. The van der Waals surface area contributed by atoms with Gasteiger partial charge in [0, 0.05) is 0 Å². The first-order valence-electron chi connectivity index (χ1n) is 4.88. The van der Waals surface area contributed by atoms with Gasteiger partial charge in [-0.25, -0.2) is 0 Å². The standard InChI is InChI=1S/C13H15.Ag/c1-3-5-6-7-13-10-8-12(4-2)9-11-13;/h8-11H,3,5-7H2,1H3;/q-1;+1. The molecule has 0 heterocycles. The molecule has 0 aliphatic rings. The van der Waals surface area contributed by atoms with E-state index in [1.54, 1.807) is 0 Å². The molecule has 0 fully saturated rings. The summed E-state index contributed by atoms with van der Waals surface area (Å²) in [6.07, 6.45) is 11.9. The minimum atomic E-state index is 0. The van der Waals surface area contributed by atoms with Crippen molar-refractivity contribution in [1.29, 1.82) is 0 Å². The maximum Gasteiger partial charge on any atom is 1.00 e. The summed E-state index contributed by atoms with van der Waals surface area (Å²) in [5, 5.41) is 0. The van der Waals surface area contributed by atoms with E-state index in [0.29, 0.717) is 0 Å². The molecule has 14 heavy (non-hydrogen) atoms. The zero-order chi connectivity index (χ0) is 9.52. The van der Waals surface area contributed by atoms with Crippen molar-refractivity contribution in [1.82, 2.24) is 0 Å². The zero-order valence-electron chi connectivity index (χ0n) is 8.44. The second kappa shape index (κ2) is 7.88. The average molecular weight is 279 g/mol. The Bertz CT molecular complexity index is 279. The fourth-order valence-electron chi connectivity index (χ4n) is 1.33. The number of hydrogen-bond donors (Lipinski definition) is 0. The Hall–Kier alpha value is -0.480. The molecule has 1 heteroatoms. The number of unbranched alkanes of at least 4 members (excludes halogenated alkanes) is 2. The summed E-state index contributed by atoms with van der Waals surface area (Å²) in [6.45, 7) is 2.22. The van der Waals surface area contributed by atoms with Crippen molar-refractivity contribution < 1.29 is 22.4 Å². The van der Waals surface area contributed by atoms with Crippen LogP contribution >= 0.6 is 0 Å². The quantitative estimate of drug-likeness (QED) is 0.343. The van der Waals surface area contributed by atoms with Crippen molar-refractivity contribution >= 4 is 0 Å². The molecule has 0 saturated heterocycles. The third kappa shape index (κ3) is 4.67. The van der Waals surface area contributed by atoms with Gasteiger partial charge in [0.1, 0.15) is 0 Å². The van der Waals surface area contributed by atoms with Gasteiger partial charge in [-0.3, -0.25) is 5.92 Å². The summed E-state index contributed by atoms with van der Waals surface area (Å²) in [5.74, 6) is 2.37. The van der Waals surface area contributed by atoms with Crippen LogP contribution in [-0.4, -0.2) is 0 Å². The van der Waals surface area contributed by atoms with E-state index < -0.39 is 0 Å². The molecular formula is C13H15Ag. The SMILES string of the molecule is [Ag+].[C-]#Cc1ccc(CCCCC)cc1. The molecule has 1 aromatic carbocycles. The Morgan fingerprint density at radius 1 is 1.14 bits per heavy atom. The van der Waals surface area contributed by atoms with Gasteiger partial charge in [-0.15, -0.1) is 17.7 Å². The summed E-state index contributed by atoms with van der Waals surface area (Å²) in [7, 11) is 0. The van der Waals surface area contributed by atoms with E-state index in [1.165, 1.54) is 24.8 Å². The first-order chi connectivity index (χ1) is 6.36. The Kier molecular flexibility index (Phi) is 7.61. The van der Waals surface area contributed by atoms with Crippen molar-refractivity contribution in [3.63, 3.8) is 0 Å². The molecule has 0 aliphatic heterocycles. The van der Waals surface area contributed by atoms with Crippen LogP contribution in [0.4, 0.5) is 0 Å². The summed E-state index contributed by atoms with van der Waals surface area (Å²) in [5.41, 5.74) is 2.23. The van der Waals surface area contributed by atoms with Crippen LogP contribution in [0.3, 0.4) is 0 Å². The van der Waals surface area contributed by atoms with Crippen LogP contribution < -0.4 is 0 Å². The van der Waals surface area contributed by atoms with Crippen molar-refractivity contribution in [2.45, 2.75) is 32.6 Å². The number of hydrogen-bond acceptors (Lipinski definition) is 0. The topological polar surface area (TPSA) is 0 Å². The predicted molar refractivity (Wildman–Crippen MR) is 55.9 cm³/mol. The van der Waals surface area contributed by atoms with Gasteiger partial charge in [-0.1, -0.05) is 37.5 Å². The van der Waals surface area contributed by atoms with Crippen molar-refractivity contribution in [3.8, 4) is 5.92 Å². The Labute approximate surface area is 103 Å². The monoisotopic (exact) mass is 278 g/mol. The normalized spacial score (nSPS) is 8.86. The molecule has 0 radical (unpaired) electrons. The molecule has 78 valence electrons. The Morgan fingerprint density at radius 3 is 2.29 bits per heavy atom. The predicted octanol–water partition coefficient (Wildman–Crippen LogP) is 3.35. The van der Waals surface area contributed by atoms with Gasteiger partial charge in [0.2, 0.25) is 0 Å². The van der Waals surface area contributed by atoms with Gasteiger partial charge < -0.3 is 6.42 Å². The van der Waals surface area contributed by atoms with Crippen LogP contribution in [0.15, 0.2) is 24.3 Å². The van der Waals surface area contributed by atoms with Crippen LogP contribution in [0.5, 0.6) is 0 Å². The molecular weight excluding hydrogens is 264 g/mol. The summed E-state index contributed by atoms with van der Waals surface area (Å²) in [4.78, 5) is 0. The molecule has 0 aliphatic carbocycles. The van der Waals surface area contributed by atoms with Crippen LogP contribution in [0.1, 0.15) is 37.3 Å². The molecule has 0 spiro atoms. The van der Waals surface area contributed by atoms with E-state index in [2.05, 4.69) is 25.0 Å². The molecule has 0 atom stereocenters. The van der Waals surface area contributed by atoms with Crippen LogP contribution in [0.2, 0.25) is 0 Å². The molecule has 0 nitrogen and oxygen atoms in total. The molecule has 0 aromatic heterocycles. The number of benzene rings is 1. The average Bonchev–Trinajstić information content (AvgIpc) is 2.19. The summed E-state index contributed by atoms with van der Waals surface area (Å²) >= 11 is 0. The van der Waals surface area contributed by atoms with Gasteiger partial charge in [0.25, 0.3) is 0 Å². The Balaban J connectivity index is 0.00000169. The first-order valence-corrected chi connectivity index (χ1v) is 4.88. The van der Waals surface area contributed by atoms with E-state index >= 15 is 0 Å². The molecule has 0 N–H and O–H groups in total. The van der Waals surface area contributed by atoms with Crippen LogP contribution in [0.25, 0.3) is 0 Å². The second-order valence-corrected chi connectivity index (χ2v) is 3.28. The minimum Gasteiger partial charge on any atom is -0.366 e. The third-order valence-electron chi connectivity index (χ3n) is 2.17. The molecule has 0 saturated carbocycles. The van der Waals surface area contributed by atoms with E-state index in [9.17, 15) is 0 Å². The smallest absolute Gasteiger partial charge is 0.366 e. The van der Waals surface area contributed by atoms with Crippen molar-refractivity contribution in [2.24, 2.45) is 0 Å². The van der Waals surface area contributed by atoms with Crippen LogP contribution in [-0.2, 0) is 28.8 Å². The summed E-state index contributed by atoms with van der Waals surface area (Å²) < 4.78 is 0. The van der Waals surface area contributed by atoms with Crippen molar-refractivity contribution in [2.75, 3.05) is 0 Å². The molecule has 1 aromatic rings. The van der Waals surface area contributed by atoms with E-state index in [4.69, 9.17) is 6.42 Å². The largest absolute Gasteiger partial charge is 1.00 e. The van der Waals surface area contributed by atoms with E-state index in [1.807, 2.05) is 12.1 Å². The second-order valence-electron chi connectivity index (χ2n) is 3.28. The Morgan fingerprint density at radius 2 is 1.79 bits per heavy atom. The fraction of sp³-hybridized carbons (Fsp3) is 0.385. The molecule has 0 unspecified atom stereocenters. The van der Waals surface area contributed by atoms with E-state index in [0.717, 1.165) is 12.0 Å². The van der Waals surface area contributed by atoms with Gasteiger partial charge in [-0.05, 0) is 12.8 Å². The molecule has 0 amide bonds. The number of aryl methyl sites for hydroxylation is 1. The van der Waals surface area contributed by atoms with Crippen molar-refractivity contribution in [3.05, 3.63) is 41.8 Å². The van der Waals surface area contributed by atoms with Gasteiger partial charge in [0.05, 0.1) is 0 Å². The summed E-state index contributed by atoms with van der Waals surface area (Å²) in [6, 6.07) is 8.08. The maximum absolute atomic E-state index is 6.93. The minimum absolute atomic E-state index is 0. The van der Waals surface area contributed by atoms with E-state index in [-0.39, 0.29) is 22.4 Å². The maximum atomic E-state index is 6.93. The van der Waals surface area contributed by atoms with Crippen LogP contribution in [0, 0.1) is 12.3 Å².